The number of halogens is 1. The highest BCUT2D eigenvalue weighted by molar-refractivity contribution is 6.30. The Balaban J connectivity index is 1.68. The third-order valence-electron chi connectivity index (χ3n) is 5.48. The molecule has 1 aliphatic carbocycles. The van der Waals surface area contributed by atoms with E-state index in [0.29, 0.717) is 17.9 Å². The van der Waals surface area contributed by atoms with Crippen LogP contribution >= 0.6 is 11.6 Å². The molecule has 0 aromatic heterocycles. The Morgan fingerprint density at radius 3 is 2.75 bits per heavy atom. The molecular weight excluding hydrogens is 314 g/mol. The van der Waals surface area contributed by atoms with Crippen molar-refractivity contribution in [2.24, 2.45) is 5.92 Å². The summed E-state index contributed by atoms with van der Waals surface area (Å²) in [6.07, 6.45) is 5.79. The van der Waals surface area contributed by atoms with Gasteiger partial charge in [0.2, 0.25) is 0 Å². The molecule has 1 aliphatic heterocycles. The van der Waals surface area contributed by atoms with Gasteiger partial charge in [-0.3, -0.25) is 0 Å². The number of hydrogen-bond donors (Lipinski definition) is 1. The molecule has 3 atom stereocenters. The highest BCUT2D eigenvalue weighted by Crippen LogP contribution is 2.51. The average Bonchev–Trinajstić information content (AvgIpc) is 3.11. The summed E-state index contributed by atoms with van der Waals surface area (Å²) in [5, 5.41) is 7.28. The van der Waals surface area contributed by atoms with Crippen LogP contribution in [0.25, 0.3) is 10.8 Å². The molecule has 1 nitrogen and oxygen atoms in total. The second-order valence-electron chi connectivity index (χ2n) is 6.78. The van der Waals surface area contributed by atoms with Crippen molar-refractivity contribution in [2.75, 3.05) is 5.32 Å². The van der Waals surface area contributed by atoms with E-state index < -0.39 is 0 Å². The first-order chi connectivity index (χ1) is 11.8. The Labute approximate surface area is 147 Å². The van der Waals surface area contributed by atoms with Crippen molar-refractivity contribution in [3.63, 3.8) is 0 Å². The van der Waals surface area contributed by atoms with Crippen LogP contribution in [0, 0.1) is 5.92 Å². The number of benzene rings is 3. The number of fused-ring (bicyclic) bond motifs is 4. The minimum Gasteiger partial charge on any atom is -0.378 e. The second-order valence-corrected chi connectivity index (χ2v) is 7.21. The first kappa shape index (κ1) is 14.1. The van der Waals surface area contributed by atoms with Crippen LogP contribution < -0.4 is 5.32 Å². The Hall–Kier alpha value is -2.25. The van der Waals surface area contributed by atoms with Crippen LogP contribution in [0.4, 0.5) is 5.69 Å². The molecule has 0 amide bonds. The normalized spacial score (nSPS) is 24.5. The predicted molar refractivity (Wildman–Crippen MR) is 102 cm³/mol. The number of rotatable bonds is 1. The van der Waals surface area contributed by atoms with E-state index in [9.17, 15) is 0 Å². The maximum atomic E-state index is 6.25. The third kappa shape index (κ3) is 2.08. The van der Waals surface area contributed by atoms with Gasteiger partial charge in [0.25, 0.3) is 0 Å². The largest absolute Gasteiger partial charge is 0.378 e. The van der Waals surface area contributed by atoms with E-state index in [1.54, 1.807) is 0 Å². The van der Waals surface area contributed by atoms with Crippen LogP contribution in [0.15, 0.2) is 72.8 Å². The number of nitrogens with one attached hydrogen (secondary N) is 1. The highest BCUT2D eigenvalue weighted by atomic mass is 35.5. The maximum Gasteiger partial charge on any atom is 0.0560 e. The van der Waals surface area contributed by atoms with E-state index in [4.69, 9.17) is 11.6 Å². The Morgan fingerprint density at radius 2 is 1.79 bits per heavy atom. The molecule has 3 aromatic carbocycles. The van der Waals surface area contributed by atoms with E-state index in [1.165, 1.54) is 27.6 Å². The Kier molecular flexibility index (Phi) is 3.17. The smallest absolute Gasteiger partial charge is 0.0560 e. The van der Waals surface area contributed by atoms with Gasteiger partial charge < -0.3 is 5.32 Å². The summed E-state index contributed by atoms with van der Waals surface area (Å²) >= 11 is 6.25. The van der Waals surface area contributed by atoms with Crippen LogP contribution in [0.1, 0.15) is 29.5 Å². The summed E-state index contributed by atoms with van der Waals surface area (Å²) < 4.78 is 0. The lowest BCUT2D eigenvalue weighted by Crippen LogP contribution is -2.29. The topological polar surface area (TPSA) is 12.0 Å². The molecule has 118 valence electrons. The summed E-state index contributed by atoms with van der Waals surface area (Å²) in [6, 6.07) is 21.9. The molecule has 2 heteroatoms. The molecular formula is C22H18ClN. The van der Waals surface area contributed by atoms with Crippen LogP contribution in [0.3, 0.4) is 0 Å². The van der Waals surface area contributed by atoms with E-state index in [0.717, 1.165) is 11.4 Å². The molecule has 1 heterocycles. The first-order valence-corrected chi connectivity index (χ1v) is 8.89. The molecule has 2 aliphatic rings. The predicted octanol–water partition coefficient (Wildman–Crippen LogP) is 6.32. The van der Waals surface area contributed by atoms with Crippen molar-refractivity contribution < 1.29 is 0 Å². The number of anilines is 1. The second kappa shape index (κ2) is 5.39. The van der Waals surface area contributed by atoms with Crippen LogP contribution in [-0.2, 0) is 0 Å². The molecule has 1 N–H and O–H groups in total. The molecule has 24 heavy (non-hydrogen) atoms. The minimum absolute atomic E-state index is 0.324. The fourth-order valence-corrected chi connectivity index (χ4v) is 4.58. The SMILES string of the molecule is Clc1ccc2c(c1)[C@H]1C=CC[C@H]1[C@@H](c1cccc3ccccc13)N2. The molecule has 0 radical (unpaired) electrons. The van der Waals surface area contributed by atoms with Crippen molar-refractivity contribution >= 4 is 28.1 Å². The highest BCUT2D eigenvalue weighted by Gasteiger charge is 2.38. The molecule has 0 spiro atoms. The molecule has 0 fully saturated rings. The van der Waals surface area contributed by atoms with Gasteiger partial charge in [-0.25, -0.2) is 0 Å². The lowest BCUT2D eigenvalue weighted by Gasteiger charge is -2.38. The number of allylic oxidation sites excluding steroid dienone is 2. The minimum atomic E-state index is 0.324. The Bertz CT molecular complexity index is 954. The van der Waals surface area contributed by atoms with Gasteiger partial charge in [-0.15, -0.1) is 0 Å². The zero-order chi connectivity index (χ0) is 16.1. The maximum absolute atomic E-state index is 6.25. The van der Waals surface area contributed by atoms with E-state index >= 15 is 0 Å². The van der Waals surface area contributed by atoms with Gasteiger partial charge in [0, 0.05) is 16.6 Å². The average molecular weight is 332 g/mol. The number of hydrogen-bond acceptors (Lipinski definition) is 1. The van der Waals surface area contributed by atoms with Crippen molar-refractivity contribution in [1.29, 1.82) is 0 Å². The van der Waals surface area contributed by atoms with Crippen LogP contribution in [0.5, 0.6) is 0 Å². The van der Waals surface area contributed by atoms with Gasteiger partial charge in [0.15, 0.2) is 0 Å². The van der Waals surface area contributed by atoms with Crippen molar-refractivity contribution in [1.82, 2.24) is 0 Å². The first-order valence-electron chi connectivity index (χ1n) is 8.51. The van der Waals surface area contributed by atoms with Gasteiger partial charge in [-0.2, -0.15) is 0 Å². The molecule has 0 unspecified atom stereocenters. The molecule has 0 saturated carbocycles. The molecule has 0 saturated heterocycles. The fourth-order valence-electron chi connectivity index (χ4n) is 4.39. The Morgan fingerprint density at radius 1 is 0.917 bits per heavy atom. The van der Waals surface area contributed by atoms with Crippen molar-refractivity contribution in [3.05, 3.63) is 89.0 Å². The zero-order valence-corrected chi connectivity index (χ0v) is 14.0. The monoisotopic (exact) mass is 331 g/mol. The standard InChI is InChI=1S/C22H18ClN/c23-15-11-12-21-20(13-15)17-8-4-10-19(17)22(24-21)18-9-3-6-14-5-1-2-7-16(14)18/h1-9,11-13,17,19,22,24H,10H2/t17-,19+,22+/m0/s1. The van der Waals surface area contributed by atoms with Crippen molar-refractivity contribution in [3.8, 4) is 0 Å². The summed E-state index contributed by atoms with van der Waals surface area (Å²) in [5.74, 6) is 0.991. The lowest BCUT2D eigenvalue weighted by molar-refractivity contribution is 0.427. The molecule has 3 aromatic rings. The fraction of sp³-hybridized carbons (Fsp3) is 0.182. The summed E-state index contributed by atoms with van der Waals surface area (Å²) in [5.41, 5.74) is 3.94. The van der Waals surface area contributed by atoms with Crippen LogP contribution in [-0.4, -0.2) is 0 Å². The summed E-state index contributed by atoms with van der Waals surface area (Å²) in [6.45, 7) is 0. The quantitative estimate of drug-likeness (QED) is 0.514. The molecule has 0 bridgehead atoms. The van der Waals surface area contributed by atoms with Gasteiger partial charge in [0.1, 0.15) is 0 Å². The van der Waals surface area contributed by atoms with Gasteiger partial charge in [-0.05, 0) is 52.4 Å². The summed E-state index contributed by atoms with van der Waals surface area (Å²) in [4.78, 5) is 0. The van der Waals surface area contributed by atoms with Gasteiger partial charge in [0.05, 0.1) is 6.04 Å². The van der Waals surface area contributed by atoms with E-state index in [2.05, 4.69) is 72.1 Å². The molecule has 5 rings (SSSR count). The van der Waals surface area contributed by atoms with Crippen molar-refractivity contribution in [2.45, 2.75) is 18.4 Å². The third-order valence-corrected chi connectivity index (χ3v) is 5.72. The van der Waals surface area contributed by atoms with Gasteiger partial charge in [-0.1, -0.05) is 66.2 Å². The van der Waals surface area contributed by atoms with Crippen LogP contribution in [0.2, 0.25) is 5.02 Å². The zero-order valence-electron chi connectivity index (χ0n) is 13.2. The van der Waals surface area contributed by atoms with Gasteiger partial charge >= 0.3 is 0 Å². The van der Waals surface area contributed by atoms with E-state index in [-0.39, 0.29) is 0 Å². The summed E-state index contributed by atoms with van der Waals surface area (Å²) in [7, 11) is 0. The lowest BCUT2D eigenvalue weighted by atomic mass is 9.76. The van der Waals surface area contributed by atoms with E-state index in [1.807, 2.05) is 6.07 Å².